The molecule has 13 heavy (non-hydrogen) atoms. The van der Waals surface area contributed by atoms with Crippen LogP contribution in [0.2, 0.25) is 0 Å². The van der Waals surface area contributed by atoms with Gasteiger partial charge in [0.15, 0.2) is 0 Å². The fourth-order valence-corrected chi connectivity index (χ4v) is 1.10. The largest absolute Gasteiger partial charge is 0.489 e. The van der Waals surface area contributed by atoms with Gasteiger partial charge in [0.1, 0.15) is 5.75 Å². The topological polar surface area (TPSA) is 21.3 Å². The summed E-state index contributed by atoms with van der Waals surface area (Å²) in [5.74, 6) is 0.890. The summed E-state index contributed by atoms with van der Waals surface area (Å²) in [6.07, 6.45) is 0.202. The zero-order valence-corrected chi connectivity index (χ0v) is 8.21. The second kappa shape index (κ2) is 4.75. The molecule has 0 amide bonds. The van der Waals surface area contributed by atoms with Gasteiger partial charge >= 0.3 is 0 Å². The van der Waals surface area contributed by atoms with Gasteiger partial charge in [-0.15, -0.1) is 0 Å². The van der Waals surface area contributed by atoms with Crippen LogP contribution in [0, 0.1) is 6.92 Å². The van der Waals surface area contributed by atoms with Crippen LogP contribution in [0.4, 0.5) is 5.69 Å². The van der Waals surface area contributed by atoms with Crippen molar-refractivity contribution in [1.29, 1.82) is 0 Å². The average molecular weight is 178 g/mol. The third kappa shape index (κ3) is 2.98. The molecule has 1 aromatic carbocycles. The highest BCUT2D eigenvalue weighted by atomic mass is 16.5. The quantitative estimate of drug-likeness (QED) is 0.765. The van der Waals surface area contributed by atoms with E-state index in [0.29, 0.717) is 6.54 Å². The molecular formula is C11H16NO. The molecular weight excluding hydrogens is 162 g/mol. The molecule has 1 rings (SSSR count). The first-order chi connectivity index (χ1) is 6.24. The normalized spacial score (nSPS) is 10.2. The molecule has 0 aromatic heterocycles. The van der Waals surface area contributed by atoms with Gasteiger partial charge in [-0.05, 0) is 32.9 Å². The third-order valence-electron chi connectivity index (χ3n) is 1.57. The lowest BCUT2D eigenvalue weighted by Crippen LogP contribution is -2.08. The minimum atomic E-state index is 0.202. The van der Waals surface area contributed by atoms with Gasteiger partial charge in [0.25, 0.3) is 0 Å². The van der Waals surface area contributed by atoms with Gasteiger partial charge in [-0.3, -0.25) is 0 Å². The van der Waals surface area contributed by atoms with Crippen molar-refractivity contribution < 1.29 is 4.74 Å². The zero-order chi connectivity index (χ0) is 9.68. The highest BCUT2D eigenvalue weighted by Crippen LogP contribution is 2.24. The molecule has 0 atom stereocenters. The van der Waals surface area contributed by atoms with E-state index in [1.807, 2.05) is 38.1 Å². The van der Waals surface area contributed by atoms with Gasteiger partial charge in [0.2, 0.25) is 0 Å². The Bertz CT molecular complexity index is 258. The van der Waals surface area contributed by atoms with Crippen molar-refractivity contribution in [2.45, 2.75) is 20.0 Å². The second-order valence-electron chi connectivity index (χ2n) is 3.09. The van der Waals surface area contributed by atoms with Gasteiger partial charge < -0.3 is 10.1 Å². The van der Waals surface area contributed by atoms with E-state index >= 15 is 0 Å². The SMILES string of the molecule is [CH2]CNc1ccccc1OC(C)C. The molecule has 0 heterocycles. The number of hydrogen-bond donors (Lipinski definition) is 1. The Morgan fingerprint density at radius 3 is 2.69 bits per heavy atom. The van der Waals surface area contributed by atoms with Gasteiger partial charge in [0, 0.05) is 6.54 Å². The molecule has 0 unspecified atom stereocenters. The summed E-state index contributed by atoms with van der Waals surface area (Å²) in [6, 6.07) is 7.89. The van der Waals surface area contributed by atoms with Gasteiger partial charge in [-0.25, -0.2) is 0 Å². The Labute approximate surface area is 79.9 Å². The molecule has 0 saturated carbocycles. The summed E-state index contributed by atoms with van der Waals surface area (Å²) in [5.41, 5.74) is 1.01. The lowest BCUT2D eigenvalue weighted by atomic mass is 10.3. The van der Waals surface area contributed by atoms with E-state index in [1.54, 1.807) is 0 Å². The molecule has 1 radical (unpaired) electrons. The molecule has 2 heteroatoms. The standard InChI is InChI=1S/C11H16NO/c1-4-12-10-7-5-6-8-11(10)13-9(2)3/h5-9,12H,1,4H2,2-3H3. The molecule has 0 bridgehead atoms. The van der Waals surface area contributed by atoms with Crippen LogP contribution in [0.25, 0.3) is 0 Å². The fourth-order valence-electron chi connectivity index (χ4n) is 1.10. The highest BCUT2D eigenvalue weighted by molar-refractivity contribution is 5.56. The minimum Gasteiger partial charge on any atom is -0.489 e. The number of hydrogen-bond acceptors (Lipinski definition) is 2. The molecule has 0 aliphatic rings. The van der Waals surface area contributed by atoms with Crippen LogP contribution in [0.5, 0.6) is 5.75 Å². The van der Waals surface area contributed by atoms with E-state index in [-0.39, 0.29) is 6.10 Å². The summed E-state index contributed by atoms with van der Waals surface area (Å²) in [6.45, 7) is 8.43. The number of para-hydroxylation sites is 2. The molecule has 2 nitrogen and oxygen atoms in total. The first kappa shape index (κ1) is 9.90. The van der Waals surface area contributed by atoms with Crippen LogP contribution in [0.15, 0.2) is 24.3 Å². The van der Waals surface area contributed by atoms with Crippen LogP contribution < -0.4 is 10.1 Å². The minimum absolute atomic E-state index is 0.202. The lowest BCUT2D eigenvalue weighted by Gasteiger charge is -2.14. The lowest BCUT2D eigenvalue weighted by molar-refractivity contribution is 0.243. The highest BCUT2D eigenvalue weighted by Gasteiger charge is 2.02. The number of nitrogens with one attached hydrogen (secondary N) is 1. The van der Waals surface area contributed by atoms with E-state index in [4.69, 9.17) is 4.74 Å². The molecule has 0 spiro atoms. The summed E-state index contributed by atoms with van der Waals surface area (Å²) < 4.78 is 5.61. The Morgan fingerprint density at radius 2 is 2.08 bits per heavy atom. The molecule has 1 N–H and O–H groups in total. The number of rotatable bonds is 4. The maximum absolute atomic E-state index is 5.61. The van der Waals surface area contributed by atoms with Crippen molar-refractivity contribution in [2.75, 3.05) is 11.9 Å². The molecule has 0 aliphatic carbocycles. The van der Waals surface area contributed by atoms with Crippen LogP contribution in [0.3, 0.4) is 0 Å². The Hall–Kier alpha value is -1.18. The smallest absolute Gasteiger partial charge is 0.142 e. The molecule has 0 saturated heterocycles. The van der Waals surface area contributed by atoms with E-state index < -0.39 is 0 Å². The number of ether oxygens (including phenoxy) is 1. The van der Waals surface area contributed by atoms with Crippen LogP contribution in [0.1, 0.15) is 13.8 Å². The average Bonchev–Trinajstić information content (AvgIpc) is 2.08. The van der Waals surface area contributed by atoms with Crippen LogP contribution in [-0.2, 0) is 0 Å². The van der Waals surface area contributed by atoms with E-state index in [1.165, 1.54) is 0 Å². The first-order valence-electron chi connectivity index (χ1n) is 4.53. The van der Waals surface area contributed by atoms with Crippen LogP contribution in [-0.4, -0.2) is 12.6 Å². The van der Waals surface area contributed by atoms with E-state index in [2.05, 4.69) is 12.2 Å². The zero-order valence-electron chi connectivity index (χ0n) is 8.21. The summed E-state index contributed by atoms with van der Waals surface area (Å²) >= 11 is 0. The van der Waals surface area contributed by atoms with Crippen molar-refractivity contribution in [3.8, 4) is 5.75 Å². The molecule has 71 valence electrons. The maximum atomic E-state index is 5.61. The first-order valence-corrected chi connectivity index (χ1v) is 4.53. The number of benzene rings is 1. The third-order valence-corrected chi connectivity index (χ3v) is 1.57. The van der Waals surface area contributed by atoms with Gasteiger partial charge in [-0.2, -0.15) is 0 Å². The van der Waals surface area contributed by atoms with E-state index in [0.717, 1.165) is 11.4 Å². The molecule has 0 aliphatic heterocycles. The number of anilines is 1. The van der Waals surface area contributed by atoms with Crippen molar-refractivity contribution in [1.82, 2.24) is 0 Å². The summed E-state index contributed by atoms with van der Waals surface area (Å²) in [7, 11) is 0. The van der Waals surface area contributed by atoms with Crippen molar-refractivity contribution in [3.63, 3.8) is 0 Å². The van der Waals surface area contributed by atoms with Gasteiger partial charge in [-0.1, -0.05) is 12.1 Å². The molecule has 1 aromatic rings. The second-order valence-corrected chi connectivity index (χ2v) is 3.09. The van der Waals surface area contributed by atoms with Crippen LogP contribution >= 0.6 is 0 Å². The van der Waals surface area contributed by atoms with Crippen molar-refractivity contribution in [2.24, 2.45) is 0 Å². The summed E-state index contributed by atoms with van der Waals surface area (Å²) in [4.78, 5) is 0. The van der Waals surface area contributed by atoms with Gasteiger partial charge in [0.05, 0.1) is 11.8 Å². The van der Waals surface area contributed by atoms with Crippen molar-refractivity contribution in [3.05, 3.63) is 31.2 Å². The molecule has 0 fully saturated rings. The Balaban J connectivity index is 2.78. The predicted molar refractivity (Wildman–Crippen MR) is 56.1 cm³/mol. The maximum Gasteiger partial charge on any atom is 0.142 e. The predicted octanol–water partition coefficient (Wildman–Crippen LogP) is 2.72. The Kier molecular flexibility index (Phi) is 3.62. The van der Waals surface area contributed by atoms with E-state index in [9.17, 15) is 0 Å². The summed E-state index contributed by atoms with van der Waals surface area (Å²) in [5, 5.41) is 3.15. The fraction of sp³-hybridized carbons (Fsp3) is 0.364. The Morgan fingerprint density at radius 1 is 1.38 bits per heavy atom. The monoisotopic (exact) mass is 178 g/mol. The van der Waals surface area contributed by atoms with Crippen molar-refractivity contribution >= 4 is 5.69 Å².